The standard InChI is InChI=1S/C15H11Br/c16-15-11-5-10-14(12-15)9-4-8-13-6-2-1-3-7-13/h1-3,5-7,10-12H,9H2. The van der Waals surface area contributed by atoms with Crippen LogP contribution in [0.15, 0.2) is 59.1 Å². The fourth-order valence-corrected chi connectivity index (χ4v) is 1.86. The quantitative estimate of drug-likeness (QED) is 0.686. The zero-order valence-corrected chi connectivity index (χ0v) is 10.4. The van der Waals surface area contributed by atoms with E-state index in [1.54, 1.807) is 0 Å². The van der Waals surface area contributed by atoms with Gasteiger partial charge in [-0.3, -0.25) is 0 Å². The van der Waals surface area contributed by atoms with E-state index < -0.39 is 0 Å². The second-order valence-corrected chi connectivity index (χ2v) is 4.39. The summed E-state index contributed by atoms with van der Waals surface area (Å²) in [6.07, 6.45) is 0.786. The third kappa shape index (κ3) is 3.25. The summed E-state index contributed by atoms with van der Waals surface area (Å²) in [6.45, 7) is 0. The summed E-state index contributed by atoms with van der Waals surface area (Å²) in [6, 6.07) is 18.3. The summed E-state index contributed by atoms with van der Waals surface area (Å²) < 4.78 is 1.10. The Bertz CT molecular complexity index is 518. The maximum atomic E-state index is 3.45. The lowest BCUT2D eigenvalue weighted by Gasteiger charge is -1.94. The van der Waals surface area contributed by atoms with Crippen molar-refractivity contribution in [3.8, 4) is 11.8 Å². The highest BCUT2D eigenvalue weighted by molar-refractivity contribution is 9.10. The van der Waals surface area contributed by atoms with Gasteiger partial charge in [-0.25, -0.2) is 0 Å². The van der Waals surface area contributed by atoms with Crippen LogP contribution in [0.25, 0.3) is 0 Å². The fourth-order valence-electron chi connectivity index (χ4n) is 1.42. The van der Waals surface area contributed by atoms with Crippen LogP contribution in [-0.2, 0) is 6.42 Å². The van der Waals surface area contributed by atoms with E-state index in [1.807, 2.05) is 42.5 Å². The lowest BCUT2D eigenvalue weighted by atomic mass is 10.1. The Hall–Kier alpha value is -1.52. The van der Waals surface area contributed by atoms with Gasteiger partial charge in [-0.15, -0.1) is 0 Å². The fraction of sp³-hybridized carbons (Fsp3) is 0.0667. The van der Waals surface area contributed by atoms with Crippen molar-refractivity contribution in [2.45, 2.75) is 6.42 Å². The van der Waals surface area contributed by atoms with Gasteiger partial charge in [0.1, 0.15) is 0 Å². The zero-order valence-electron chi connectivity index (χ0n) is 8.78. The summed E-state index contributed by atoms with van der Waals surface area (Å²) in [5.41, 5.74) is 2.30. The van der Waals surface area contributed by atoms with Crippen molar-refractivity contribution in [2.24, 2.45) is 0 Å². The minimum atomic E-state index is 0.786. The van der Waals surface area contributed by atoms with Gasteiger partial charge in [-0.2, -0.15) is 0 Å². The Balaban J connectivity index is 2.06. The van der Waals surface area contributed by atoms with E-state index in [9.17, 15) is 0 Å². The summed E-state index contributed by atoms with van der Waals surface area (Å²) in [5, 5.41) is 0. The summed E-state index contributed by atoms with van der Waals surface area (Å²) in [5.74, 6) is 6.32. The minimum Gasteiger partial charge on any atom is -0.0931 e. The molecule has 0 saturated heterocycles. The molecule has 0 unspecified atom stereocenters. The van der Waals surface area contributed by atoms with Crippen LogP contribution in [0.4, 0.5) is 0 Å². The van der Waals surface area contributed by atoms with Crippen LogP contribution >= 0.6 is 15.9 Å². The van der Waals surface area contributed by atoms with Crippen molar-refractivity contribution >= 4 is 15.9 Å². The molecule has 0 N–H and O–H groups in total. The van der Waals surface area contributed by atoms with Crippen LogP contribution in [-0.4, -0.2) is 0 Å². The third-order valence-electron chi connectivity index (χ3n) is 2.19. The molecule has 0 heterocycles. The number of hydrogen-bond donors (Lipinski definition) is 0. The van der Waals surface area contributed by atoms with E-state index in [1.165, 1.54) is 5.56 Å². The van der Waals surface area contributed by atoms with E-state index in [0.717, 1.165) is 16.5 Å². The van der Waals surface area contributed by atoms with Crippen molar-refractivity contribution in [3.63, 3.8) is 0 Å². The van der Waals surface area contributed by atoms with Crippen molar-refractivity contribution in [1.29, 1.82) is 0 Å². The van der Waals surface area contributed by atoms with Crippen LogP contribution < -0.4 is 0 Å². The largest absolute Gasteiger partial charge is 0.0931 e. The SMILES string of the molecule is Brc1cccc(CC#Cc2ccccc2)c1. The zero-order chi connectivity index (χ0) is 11.2. The Morgan fingerprint density at radius 1 is 0.938 bits per heavy atom. The van der Waals surface area contributed by atoms with Crippen molar-refractivity contribution < 1.29 is 0 Å². The molecule has 1 heteroatoms. The van der Waals surface area contributed by atoms with Crippen LogP contribution in [0.2, 0.25) is 0 Å². The predicted octanol–water partition coefficient (Wildman–Crippen LogP) is 4.04. The van der Waals surface area contributed by atoms with Crippen LogP contribution in [0, 0.1) is 11.8 Å². The summed E-state index contributed by atoms with van der Waals surface area (Å²) in [7, 11) is 0. The molecular formula is C15H11Br. The van der Waals surface area contributed by atoms with Crippen molar-refractivity contribution in [1.82, 2.24) is 0 Å². The van der Waals surface area contributed by atoms with Gasteiger partial charge in [-0.1, -0.05) is 58.1 Å². The molecule has 2 aromatic rings. The molecule has 0 bridgehead atoms. The molecule has 16 heavy (non-hydrogen) atoms. The Kier molecular flexibility index (Phi) is 3.80. The molecule has 0 fully saturated rings. The number of rotatable bonds is 1. The normalized spacial score (nSPS) is 9.31. The molecule has 0 aromatic heterocycles. The van der Waals surface area contributed by atoms with E-state index in [4.69, 9.17) is 0 Å². The van der Waals surface area contributed by atoms with Gasteiger partial charge in [0, 0.05) is 16.5 Å². The van der Waals surface area contributed by atoms with Gasteiger partial charge >= 0.3 is 0 Å². The second-order valence-electron chi connectivity index (χ2n) is 3.47. The highest BCUT2D eigenvalue weighted by Crippen LogP contribution is 2.11. The van der Waals surface area contributed by atoms with Gasteiger partial charge in [0.05, 0.1) is 0 Å². The van der Waals surface area contributed by atoms with E-state index >= 15 is 0 Å². The molecule has 0 atom stereocenters. The van der Waals surface area contributed by atoms with E-state index in [-0.39, 0.29) is 0 Å². The lowest BCUT2D eigenvalue weighted by Crippen LogP contribution is -1.80. The highest BCUT2D eigenvalue weighted by atomic mass is 79.9. The van der Waals surface area contributed by atoms with Gasteiger partial charge in [0.25, 0.3) is 0 Å². The van der Waals surface area contributed by atoms with Gasteiger partial charge in [0.2, 0.25) is 0 Å². The smallest absolute Gasteiger partial charge is 0.0344 e. The monoisotopic (exact) mass is 270 g/mol. The first-order valence-electron chi connectivity index (χ1n) is 5.13. The minimum absolute atomic E-state index is 0.786. The molecule has 0 radical (unpaired) electrons. The van der Waals surface area contributed by atoms with Gasteiger partial charge < -0.3 is 0 Å². The second kappa shape index (κ2) is 5.53. The molecule has 78 valence electrons. The van der Waals surface area contributed by atoms with E-state index in [0.29, 0.717) is 0 Å². The topological polar surface area (TPSA) is 0 Å². The highest BCUT2D eigenvalue weighted by Gasteiger charge is 1.90. The molecule has 2 rings (SSSR count). The Morgan fingerprint density at radius 2 is 1.75 bits per heavy atom. The maximum Gasteiger partial charge on any atom is 0.0344 e. The maximum absolute atomic E-state index is 3.45. The Morgan fingerprint density at radius 3 is 2.50 bits per heavy atom. The molecule has 0 saturated carbocycles. The molecule has 0 aliphatic heterocycles. The van der Waals surface area contributed by atoms with Gasteiger partial charge in [-0.05, 0) is 29.8 Å². The molecule has 0 nitrogen and oxygen atoms in total. The van der Waals surface area contributed by atoms with Crippen molar-refractivity contribution in [3.05, 3.63) is 70.2 Å². The predicted molar refractivity (Wildman–Crippen MR) is 71.2 cm³/mol. The molecule has 0 aliphatic carbocycles. The molecule has 0 amide bonds. The number of hydrogen-bond acceptors (Lipinski definition) is 0. The first-order chi connectivity index (χ1) is 7.84. The third-order valence-corrected chi connectivity index (χ3v) is 2.68. The van der Waals surface area contributed by atoms with Crippen LogP contribution in [0.5, 0.6) is 0 Å². The van der Waals surface area contributed by atoms with Crippen molar-refractivity contribution in [2.75, 3.05) is 0 Å². The summed E-state index contributed by atoms with van der Waals surface area (Å²) >= 11 is 3.45. The number of benzene rings is 2. The molecule has 0 aliphatic rings. The molecular weight excluding hydrogens is 260 g/mol. The Labute approximate surface area is 104 Å². The lowest BCUT2D eigenvalue weighted by molar-refractivity contribution is 1.31. The average Bonchev–Trinajstić information content (AvgIpc) is 2.30. The van der Waals surface area contributed by atoms with Crippen LogP contribution in [0.3, 0.4) is 0 Å². The van der Waals surface area contributed by atoms with E-state index in [2.05, 4.69) is 39.9 Å². The average molecular weight is 271 g/mol. The molecule has 0 spiro atoms. The first-order valence-corrected chi connectivity index (χ1v) is 5.92. The van der Waals surface area contributed by atoms with Crippen LogP contribution in [0.1, 0.15) is 11.1 Å². The first kappa shape index (κ1) is 11.0. The van der Waals surface area contributed by atoms with Gasteiger partial charge in [0.15, 0.2) is 0 Å². The number of halogens is 1. The summed E-state index contributed by atoms with van der Waals surface area (Å²) in [4.78, 5) is 0. The molecule has 2 aromatic carbocycles.